The molecule has 138 valence electrons. The van der Waals surface area contributed by atoms with Crippen molar-refractivity contribution < 1.29 is 27.1 Å². The summed E-state index contributed by atoms with van der Waals surface area (Å²) in [6, 6.07) is 4.26. The molecule has 2 aromatic rings. The molecule has 0 aliphatic rings. The summed E-state index contributed by atoms with van der Waals surface area (Å²) in [6.45, 7) is 0. The Morgan fingerprint density at radius 1 is 1.04 bits per heavy atom. The van der Waals surface area contributed by atoms with Crippen LogP contribution in [-0.2, 0) is 0 Å². The van der Waals surface area contributed by atoms with Gasteiger partial charge in [0.05, 0.1) is 17.2 Å². The number of hydrogen-bond donors (Lipinski definition) is 2. The maximum absolute atomic E-state index is 13.9. The zero-order valence-electron chi connectivity index (χ0n) is 12.7. The monoisotopic (exact) mass is 426 g/mol. The normalized spacial score (nSPS) is 10.4. The predicted octanol–water partition coefficient (Wildman–Crippen LogP) is 4.69. The van der Waals surface area contributed by atoms with E-state index in [1.165, 1.54) is 18.2 Å². The van der Waals surface area contributed by atoms with Gasteiger partial charge in [-0.1, -0.05) is 23.2 Å². The first-order valence-corrected chi connectivity index (χ1v) is 7.81. The number of rotatable bonds is 3. The van der Waals surface area contributed by atoms with Gasteiger partial charge in [-0.3, -0.25) is 10.1 Å². The van der Waals surface area contributed by atoms with Crippen molar-refractivity contribution in [1.29, 1.82) is 0 Å². The molecular weight excluding hydrogens is 419 g/mol. The molecule has 1 amide bonds. The number of nitrogens with one attached hydrogen (secondary N) is 2. The van der Waals surface area contributed by atoms with Gasteiger partial charge in [-0.25, -0.2) is 8.78 Å². The van der Waals surface area contributed by atoms with Gasteiger partial charge >= 0.3 is 0 Å². The van der Waals surface area contributed by atoms with E-state index in [1.54, 1.807) is 0 Å². The third kappa shape index (κ3) is 4.00. The largest absolute Gasteiger partial charge is 0.491 e. The van der Waals surface area contributed by atoms with Crippen LogP contribution >= 0.6 is 35.4 Å². The minimum absolute atomic E-state index is 0.183. The minimum atomic E-state index is -1.92. The molecule has 0 atom stereocenters. The molecule has 0 saturated heterocycles. The van der Waals surface area contributed by atoms with Gasteiger partial charge in [0.15, 0.2) is 22.5 Å². The summed E-state index contributed by atoms with van der Waals surface area (Å²) >= 11 is 16.4. The summed E-state index contributed by atoms with van der Waals surface area (Å²) in [7, 11) is 0.816. The number of thiocarbonyl (C=S) groups is 1. The zero-order chi connectivity index (χ0) is 19.6. The van der Waals surface area contributed by atoms with Gasteiger partial charge in [-0.05, 0) is 30.4 Å². The maximum Gasteiger partial charge on any atom is 0.263 e. The lowest BCUT2D eigenvalue weighted by molar-refractivity contribution is 0.0966. The molecule has 0 radical (unpaired) electrons. The second-order valence-electron chi connectivity index (χ2n) is 4.70. The Morgan fingerprint density at radius 2 is 1.62 bits per heavy atom. The van der Waals surface area contributed by atoms with Crippen molar-refractivity contribution in [1.82, 2.24) is 5.32 Å². The highest BCUT2D eigenvalue weighted by Crippen LogP contribution is 2.30. The smallest absolute Gasteiger partial charge is 0.263 e. The summed E-state index contributed by atoms with van der Waals surface area (Å²) in [5, 5.41) is 4.45. The van der Waals surface area contributed by atoms with E-state index < -0.39 is 45.6 Å². The third-order valence-corrected chi connectivity index (χ3v) is 4.00. The SMILES string of the molecule is COc1c(F)c(F)c(C(=O)NC(=S)Nc2ccc(Cl)c(Cl)c2)c(F)c1F. The topological polar surface area (TPSA) is 50.4 Å². The van der Waals surface area contributed by atoms with Gasteiger partial charge in [-0.15, -0.1) is 0 Å². The maximum atomic E-state index is 13.9. The number of ether oxygens (including phenoxy) is 1. The van der Waals surface area contributed by atoms with Crippen LogP contribution in [0.3, 0.4) is 0 Å². The van der Waals surface area contributed by atoms with Gasteiger partial charge in [-0.2, -0.15) is 8.78 Å². The van der Waals surface area contributed by atoms with Crippen LogP contribution in [0, 0.1) is 23.3 Å². The Bertz CT molecular complexity index is 883. The molecule has 0 bridgehead atoms. The molecule has 0 aliphatic carbocycles. The van der Waals surface area contributed by atoms with Crippen LogP contribution in [-0.4, -0.2) is 18.1 Å². The predicted molar refractivity (Wildman–Crippen MR) is 93.0 cm³/mol. The fraction of sp³-hybridized carbons (Fsp3) is 0.0667. The summed E-state index contributed by atoms with van der Waals surface area (Å²) in [5.41, 5.74) is -1.18. The van der Waals surface area contributed by atoms with Crippen molar-refractivity contribution in [2.45, 2.75) is 0 Å². The highest BCUT2D eigenvalue weighted by atomic mass is 35.5. The Kier molecular flexibility index (Phi) is 6.27. The number of carbonyl (C=O) groups excluding carboxylic acids is 1. The van der Waals surface area contributed by atoms with Crippen LogP contribution < -0.4 is 15.4 Å². The molecule has 0 unspecified atom stereocenters. The summed E-state index contributed by atoms with van der Waals surface area (Å²) < 4.78 is 59.4. The molecule has 4 nitrogen and oxygen atoms in total. The first kappa shape index (κ1) is 20.2. The standard InChI is InChI=1S/C15H8Cl2F4N2O2S/c1-25-13-11(20)9(18)8(10(19)12(13)21)14(24)23-15(26)22-5-2-3-6(16)7(17)4-5/h2-4H,1H3,(H2,22,23,24,26). The van der Waals surface area contributed by atoms with Crippen LogP contribution in [0.25, 0.3) is 0 Å². The molecule has 26 heavy (non-hydrogen) atoms. The van der Waals surface area contributed by atoms with Gasteiger partial charge in [0.1, 0.15) is 5.56 Å². The zero-order valence-corrected chi connectivity index (χ0v) is 15.1. The third-order valence-electron chi connectivity index (χ3n) is 3.06. The van der Waals surface area contributed by atoms with Crippen molar-refractivity contribution in [3.05, 3.63) is 57.1 Å². The van der Waals surface area contributed by atoms with E-state index >= 15 is 0 Å². The van der Waals surface area contributed by atoms with Crippen LogP contribution in [0.2, 0.25) is 10.0 Å². The van der Waals surface area contributed by atoms with Gasteiger partial charge in [0, 0.05) is 5.69 Å². The molecule has 0 heterocycles. The van der Waals surface area contributed by atoms with E-state index in [0.717, 1.165) is 7.11 Å². The second-order valence-corrected chi connectivity index (χ2v) is 5.92. The first-order chi connectivity index (χ1) is 12.2. The van der Waals surface area contributed by atoms with E-state index in [-0.39, 0.29) is 10.0 Å². The fourth-order valence-electron chi connectivity index (χ4n) is 1.89. The quantitative estimate of drug-likeness (QED) is 0.424. The second kappa shape index (κ2) is 8.07. The van der Waals surface area contributed by atoms with Crippen molar-refractivity contribution in [2.75, 3.05) is 12.4 Å². The Hall–Kier alpha value is -2.10. The van der Waals surface area contributed by atoms with E-state index in [0.29, 0.717) is 5.69 Å². The van der Waals surface area contributed by atoms with Crippen LogP contribution in [0.15, 0.2) is 18.2 Å². The number of anilines is 1. The number of amides is 1. The molecule has 2 N–H and O–H groups in total. The van der Waals surface area contributed by atoms with Crippen LogP contribution in [0.5, 0.6) is 5.75 Å². The molecular formula is C15H8Cl2F4N2O2S. The van der Waals surface area contributed by atoms with E-state index in [1.807, 2.05) is 5.32 Å². The molecule has 0 saturated carbocycles. The van der Waals surface area contributed by atoms with Gasteiger partial charge in [0.2, 0.25) is 11.6 Å². The van der Waals surface area contributed by atoms with Crippen molar-refractivity contribution in [3.63, 3.8) is 0 Å². The Labute approximate surface area is 160 Å². The lowest BCUT2D eigenvalue weighted by Crippen LogP contribution is -2.35. The molecule has 0 spiro atoms. The van der Waals surface area contributed by atoms with E-state index in [4.69, 9.17) is 35.4 Å². The fourth-order valence-corrected chi connectivity index (χ4v) is 2.40. The minimum Gasteiger partial charge on any atom is -0.491 e. The molecule has 0 aromatic heterocycles. The molecule has 0 fully saturated rings. The summed E-state index contributed by atoms with van der Waals surface area (Å²) in [6.07, 6.45) is 0. The van der Waals surface area contributed by atoms with Gasteiger partial charge in [0.25, 0.3) is 5.91 Å². The van der Waals surface area contributed by atoms with Crippen molar-refractivity contribution in [3.8, 4) is 5.75 Å². The Morgan fingerprint density at radius 3 is 2.12 bits per heavy atom. The Balaban J connectivity index is 2.24. The highest BCUT2D eigenvalue weighted by Gasteiger charge is 2.30. The number of methoxy groups -OCH3 is 1. The number of benzene rings is 2. The lowest BCUT2D eigenvalue weighted by atomic mass is 10.1. The average Bonchev–Trinajstić information content (AvgIpc) is 2.57. The van der Waals surface area contributed by atoms with E-state index in [9.17, 15) is 22.4 Å². The number of carbonyl (C=O) groups is 1. The molecule has 2 rings (SSSR count). The van der Waals surface area contributed by atoms with Crippen LogP contribution in [0.1, 0.15) is 10.4 Å². The average molecular weight is 427 g/mol. The number of halogens is 6. The van der Waals surface area contributed by atoms with Crippen LogP contribution in [0.4, 0.5) is 23.2 Å². The van der Waals surface area contributed by atoms with Crippen molar-refractivity contribution >= 4 is 52.1 Å². The first-order valence-electron chi connectivity index (χ1n) is 6.64. The number of hydrogen-bond acceptors (Lipinski definition) is 3. The summed E-state index contributed by atoms with van der Waals surface area (Å²) in [4.78, 5) is 12.0. The highest BCUT2D eigenvalue weighted by molar-refractivity contribution is 7.80. The molecule has 2 aromatic carbocycles. The molecule has 11 heteroatoms. The van der Waals surface area contributed by atoms with Crippen molar-refractivity contribution in [2.24, 2.45) is 0 Å². The van der Waals surface area contributed by atoms with Gasteiger partial charge < -0.3 is 10.1 Å². The summed E-state index contributed by atoms with van der Waals surface area (Å²) in [5.74, 6) is -10.3. The van der Waals surface area contributed by atoms with E-state index in [2.05, 4.69) is 10.1 Å². The molecule has 0 aliphatic heterocycles. The lowest BCUT2D eigenvalue weighted by Gasteiger charge is -2.13.